The topological polar surface area (TPSA) is 46.2 Å². The van der Waals surface area contributed by atoms with Crippen molar-refractivity contribution in [3.8, 4) is 11.1 Å². The lowest BCUT2D eigenvalue weighted by Gasteiger charge is -2.12. The van der Waals surface area contributed by atoms with Gasteiger partial charge in [-0.2, -0.15) is 0 Å². The summed E-state index contributed by atoms with van der Waals surface area (Å²) in [6, 6.07) is 19.2. The lowest BCUT2D eigenvalue weighted by molar-refractivity contribution is -0.115. The van der Waals surface area contributed by atoms with Crippen molar-refractivity contribution in [1.29, 1.82) is 0 Å². The molecule has 0 aliphatic heterocycles. The molecule has 0 aliphatic rings. The molecule has 27 heavy (non-hydrogen) atoms. The van der Waals surface area contributed by atoms with Crippen molar-refractivity contribution in [3.05, 3.63) is 86.7 Å². The summed E-state index contributed by atoms with van der Waals surface area (Å²) in [5.41, 5.74) is 2.44. The summed E-state index contributed by atoms with van der Waals surface area (Å²) in [7, 11) is 0. The number of amides is 1. The largest absolute Gasteiger partial charge is 0.317 e. The second kappa shape index (κ2) is 7.47. The molecule has 0 saturated carbocycles. The Morgan fingerprint density at radius 3 is 2.52 bits per heavy atom. The highest BCUT2D eigenvalue weighted by Crippen LogP contribution is 2.33. The molecule has 0 fully saturated rings. The van der Waals surface area contributed by atoms with Gasteiger partial charge in [0.2, 0.25) is 5.91 Å². The van der Waals surface area contributed by atoms with Crippen LogP contribution in [0.4, 0.5) is 5.00 Å². The second-order valence-electron chi connectivity index (χ2n) is 6.30. The van der Waals surface area contributed by atoms with E-state index < -0.39 is 0 Å². The number of hydrogen-bond donors (Lipinski definition) is 1. The average Bonchev–Trinajstić information content (AvgIpc) is 3.16. The first-order valence-electron chi connectivity index (χ1n) is 8.57. The molecule has 0 aliphatic carbocycles. The van der Waals surface area contributed by atoms with Gasteiger partial charge in [-0.15, -0.1) is 22.7 Å². The van der Waals surface area contributed by atoms with E-state index in [-0.39, 0.29) is 11.3 Å². The minimum Gasteiger partial charge on any atom is -0.317 e. The molecule has 2 heterocycles. The number of anilines is 1. The molecular formula is C22H17NO2S2. The van der Waals surface area contributed by atoms with E-state index in [4.69, 9.17) is 0 Å². The number of rotatable bonds is 4. The van der Waals surface area contributed by atoms with Crippen LogP contribution in [-0.4, -0.2) is 5.91 Å². The molecule has 0 atom stereocenters. The van der Waals surface area contributed by atoms with Crippen LogP contribution in [0.3, 0.4) is 0 Å². The van der Waals surface area contributed by atoms with E-state index in [1.807, 2.05) is 73.0 Å². The van der Waals surface area contributed by atoms with Crippen molar-refractivity contribution < 1.29 is 4.79 Å². The van der Waals surface area contributed by atoms with Gasteiger partial charge in [0.15, 0.2) is 5.43 Å². The molecule has 5 heteroatoms. The van der Waals surface area contributed by atoms with E-state index in [9.17, 15) is 9.59 Å². The Hall–Kier alpha value is -2.76. The van der Waals surface area contributed by atoms with Gasteiger partial charge in [-0.1, -0.05) is 48.0 Å². The van der Waals surface area contributed by atoms with Crippen molar-refractivity contribution in [2.75, 3.05) is 5.32 Å². The number of carbonyl (C=O) groups is 1. The summed E-state index contributed by atoms with van der Waals surface area (Å²) in [6.45, 7) is 2.01. The summed E-state index contributed by atoms with van der Waals surface area (Å²) in [6.07, 6.45) is 0.304. The third kappa shape index (κ3) is 3.70. The first-order chi connectivity index (χ1) is 13.1. The molecular weight excluding hydrogens is 374 g/mol. The minimum absolute atomic E-state index is 0.0559. The van der Waals surface area contributed by atoms with Crippen LogP contribution >= 0.6 is 22.7 Å². The fraction of sp³-hybridized carbons (Fsp3) is 0.0909. The second-order valence-corrected chi connectivity index (χ2v) is 8.39. The highest BCUT2D eigenvalue weighted by molar-refractivity contribution is 7.22. The molecule has 0 saturated heterocycles. The van der Waals surface area contributed by atoms with E-state index in [2.05, 4.69) is 5.32 Å². The van der Waals surface area contributed by atoms with Gasteiger partial charge in [-0.25, -0.2) is 0 Å². The van der Waals surface area contributed by atoms with E-state index in [0.29, 0.717) is 22.4 Å². The number of nitrogens with one attached hydrogen (secondary N) is 1. The number of carbonyl (C=O) groups excluding carboxylic acids is 1. The molecule has 0 radical (unpaired) electrons. The number of hydrogen-bond acceptors (Lipinski definition) is 4. The summed E-state index contributed by atoms with van der Waals surface area (Å²) < 4.78 is 0.866. The Kier molecular flexibility index (Phi) is 4.88. The van der Waals surface area contributed by atoms with Gasteiger partial charge < -0.3 is 5.32 Å². The normalized spacial score (nSPS) is 10.9. The average molecular weight is 392 g/mol. The summed E-state index contributed by atoms with van der Waals surface area (Å²) in [5, 5.41) is 6.21. The van der Waals surface area contributed by atoms with Gasteiger partial charge in [-0.3, -0.25) is 9.59 Å². The van der Waals surface area contributed by atoms with Crippen molar-refractivity contribution in [1.82, 2.24) is 0 Å². The monoisotopic (exact) mass is 391 g/mol. The van der Waals surface area contributed by atoms with Crippen LogP contribution in [0.5, 0.6) is 0 Å². The number of aryl methyl sites for hydroxylation is 1. The summed E-state index contributed by atoms with van der Waals surface area (Å²) in [5.74, 6) is -0.114. The Morgan fingerprint density at radius 2 is 1.78 bits per heavy atom. The standard InChI is InChI=1S/C22H17NO2S2/c1-14-8-10-15(11-9-14)20-21(25)17-6-2-3-7-18(17)27-22(20)23-19(24)13-16-5-4-12-26-16/h2-12H,13H2,1H3,(H,23,24). The maximum atomic E-state index is 13.2. The highest BCUT2D eigenvalue weighted by atomic mass is 32.1. The van der Waals surface area contributed by atoms with Gasteiger partial charge in [0, 0.05) is 15.0 Å². The van der Waals surface area contributed by atoms with E-state index in [1.54, 1.807) is 11.3 Å². The van der Waals surface area contributed by atoms with E-state index in [0.717, 1.165) is 20.7 Å². The Morgan fingerprint density at radius 1 is 1.00 bits per heavy atom. The molecule has 2 aromatic heterocycles. The minimum atomic E-state index is -0.114. The van der Waals surface area contributed by atoms with Crippen molar-refractivity contribution in [2.24, 2.45) is 0 Å². The van der Waals surface area contributed by atoms with Crippen molar-refractivity contribution in [3.63, 3.8) is 0 Å². The van der Waals surface area contributed by atoms with Crippen molar-refractivity contribution in [2.45, 2.75) is 13.3 Å². The maximum Gasteiger partial charge on any atom is 0.230 e. The van der Waals surface area contributed by atoms with Gasteiger partial charge in [0.05, 0.1) is 12.0 Å². The zero-order valence-corrected chi connectivity index (χ0v) is 16.3. The SMILES string of the molecule is Cc1ccc(-c2c(NC(=O)Cc3cccs3)sc3ccccc3c2=O)cc1. The molecule has 1 amide bonds. The third-order valence-corrected chi connectivity index (χ3v) is 6.27. The van der Waals surface area contributed by atoms with Crippen LogP contribution in [-0.2, 0) is 11.2 Å². The number of fused-ring (bicyclic) bond motifs is 1. The Labute approximate surface area is 164 Å². The summed E-state index contributed by atoms with van der Waals surface area (Å²) >= 11 is 2.99. The fourth-order valence-electron chi connectivity index (χ4n) is 2.95. The Balaban J connectivity index is 1.82. The molecule has 2 aromatic carbocycles. The molecule has 1 N–H and O–H groups in total. The first kappa shape index (κ1) is 17.6. The zero-order valence-electron chi connectivity index (χ0n) is 14.7. The van der Waals surface area contributed by atoms with Gasteiger partial charge in [0.1, 0.15) is 5.00 Å². The quantitative estimate of drug-likeness (QED) is 0.501. The zero-order chi connectivity index (χ0) is 18.8. The third-order valence-electron chi connectivity index (χ3n) is 4.31. The van der Waals surface area contributed by atoms with Crippen LogP contribution in [0.2, 0.25) is 0 Å². The first-order valence-corrected chi connectivity index (χ1v) is 10.3. The fourth-order valence-corrected chi connectivity index (χ4v) is 4.77. The van der Waals surface area contributed by atoms with Gasteiger partial charge in [0.25, 0.3) is 0 Å². The number of thiophene rings is 1. The van der Waals surface area contributed by atoms with Crippen LogP contribution in [0, 0.1) is 6.92 Å². The van der Waals surface area contributed by atoms with Gasteiger partial charge >= 0.3 is 0 Å². The van der Waals surface area contributed by atoms with E-state index >= 15 is 0 Å². The van der Waals surface area contributed by atoms with E-state index in [1.165, 1.54) is 11.3 Å². The highest BCUT2D eigenvalue weighted by Gasteiger charge is 2.17. The number of benzene rings is 2. The predicted octanol–water partition coefficient (Wildman–Crippen LogP) is 5.48. The summed E-state index contributed by atoms with van der Waals surface area (Å²) in [4.78, 5) is 26.8. The molecule has 4 aromatic rings. The molecule has 0 spiro atoms. The lowest BCUT2D eigenvalue weighted by Crippen LogP contribution is -2.16. The van der Waals surface area contributed by atoms with Crippen molar-refractivity contribution >= 4 is 43.7 Å². The Bertz CT molecular complexity index is 1160. The smallest absolute Gasteiger partial charge is 0.230 e. The van der Waals surface area contributed by atoms with Gasteiger partial charge in [-0.05, 0) is 36.1 Å². The lowest BCUT2D eigenvalue weighted by atomic mass is 10.0. The van der Waals surface area contributed by atoms with Crippen LogP contribution in [0.15, 0.2) is 70.8 Å². The molecule has 0 unspecified atom stereocenters. The maximum absolute atomic E-state index is 13.2. The molecule has 134 valence electrons. The molecule has 3 nitrogen and oxygen atoms in total. The molecule has 0 bridgehead atoms. The molecule has 4 rings (SSSR count). The van der Waals surface area contributed by atoms with Crippen LogP contribution in [0.1, 0.15) is 10.4 Å². The van der Waals surface area contributed by atoms with Crippen LogP contribution < -0.4 is 10.7 Å². The predicted molar refractivity (Wildman–Crippen MR) is 115 cm³/mol. The van der Waals surface area contributed by atoms with Crippen LogP contribution in [0.25, 0.3) is 21.2 Å².